The van der Waals surface area contributed by atoms with Crippen LogP contribution in [0.1, 0.15) is 342 Å². The molecule has 396 valence electrons. The Morgan fingerprint density at radius 3 is 0.746 bits per heavy atom. The summed E-state index contributed by atoms with van der Waals surface area (Å²) in [5.74, 6) is -0.848. The lowest BCUT2D eigenvalue weighted by molar-refractivity contribution is -0.167. The van der Waals surface area contributed by atoms with E-state index in [9.17, 15) is 14.4 Å². The van der Waals surface area contributed by atoms with Gasteiger partial charge in [-0.2, -0.15) is 0 Å². The van der Waals surface area contributed by atoms with Crippen molar-refractivity contribution < 1.29 is 28.6 Å². The zero-order valence-electron chi connectivity index (χ0n) is 45.5. The molecule has 0 aliphatic carbocycles. The van der Waals surface area contributed by atoms with Crippen LogP contribution in [0.5, 0.6) is 0 Å². The van der Waals surface area contributed by atoms with Gasteiger partial charge in [0.05, 0.1) is 0 Å². The normalized spacial score (nSPS) is 12.0. The van der Waals surface area contributed by atoms with Crippen LogP contribution in [0.4, 0.5) is 0 Å². The van der Waals surface area contributed by atoms with Crippen molar-refractivity contribution in [2.24, 2.45) is 0 Å². The lowest BCUT2D eigenvalue weighted by Gasteiger charge is -2.18. The van der Waals surface area contributed by atoms with E-state index in [2.05, 4.69) is 32.9 Å². The van der Waals surface area contributed by atoms with E-state index < -0.39 is 6.10 Å². The summed E-state index contributed by atoms with van der Waals surface area (Å²) in [4.78, 5) is 38.2. The molecule has 0 aliphatic heterocycles. The highest BCUT2D eigenvalue weighted by Crippen LogP contribution is 2.17. The molecule has 0 saturated carbocycles. The minimum atomic E-state index is -0.769. The molecule has 0 amide bonds. The number of unbranched alkanes of at least 4 members (excludes halogenated alkanes) is 43. The summed E-state index contributed by atoms with van der Waals surface area (Å²) in [6.45, 7) is 6.69. The van der Waals surface area contributed by atoms with Gasteiger partial charge in [0.2, 0.25) is 0 Å². The molecule has 0 radical (unpaired) electrons. The summed E-state index contributed by atoms with van der Waals surface area (Å²) in [6, 6.07) is 0. The predicted molar refractivity (Wildman–Crippen MR) is 289 cm³/mol. The largest absolute Gasteiger partial charge is 0.462 e. The maximum Gasteiger partial charge on any atom is 0.306 e. The fourth-order valence-corrected chi connectivity index (χ4v) is 9.21. The second-order valence-electron chi connectivity index (χ2n) is 20.6. The average molecular weight is 946 g/mol. The summed E-state index contributed by atoms with van der Waals surface area (Å²) in [7, 11) is 0. The molecule has 0 bridgehead atoms. The number of allylic oxidation sites excluding steroid dienone is 2. The maximum absolute atomic E-state index is 12.9. The van der Waals surface area contributed by atoms with Gasteiger partial charge in [0.1, 0.15) is 13.2 Å². The topological polar surface area (TPSA) is 78.9 Å². The highest BCUT2D eigenvalue weighted by atomic mass is 16.6. The molecule has 0 rings (SSSR count). The van der Waals surface area contributed by atoms with Crippen LogP contribution >= 0.6 is 0 Å². The number of rotatable bonds is 56. The Morgan fingerprint density at radius 2 is 0.493 bits per heavy atom. The second-order valence-corrected chi connectivity index (χ2v) is 20.6. The van der Waals surface area contributed by atoms with Gasteiger partial charge >= 0.3 is 17.9 Å². The van der Waals surface area contributed by atoms with Crippen molar-refractivity contribution in [3.8, 4) is 0 Å². The average Bonchev–Trinajstić information content (AvgIpc) is 3.33. The number of carbonyl (C=O) groups excluding carboxylic acids is 3. The molecule has 1 unspecified atom stereocenters. The van der Waals surface area contributed by atoms with Crippen molar-refractivity contribution in [3.05, 3.63) is 12.2 Å². The Hall–Kier alpha value is -1.85. The third-order valence-electron chi connectivity index (χ3n) is 13.8. The van der Waals surface area contributed by atoms with Gasteiger partial charge in [-0.15, -0.1) is 0 Å². The fourth-order valence-electron chi connectivity index (χ4n) is 9.21. The molecule has 0 fully saturated rings. The van der Waals surface area contributed by atoms with E-state index in [-0.39, 0.29) is 31.1 Å². The fraction of sp³-hybridized carbons (Fsp3) is 0.918. The summed E-state index contributed by atoms with van der Waals surface area (Å²) in [5, 5.41) is 0. The Labute approximate surface area is 418 Å². The molecule has 0 aromatic carbocycles. The molecule has 6 heteroatoms. The minimum Gasteiger partial charge on any atom is -0.462 e. The van der Waals surface area contributed by atoms with Crippen molar-refractivity contribution in [2.45, 2.75) is 348 Å². The van der Waals surface area contributed by atoms with Crippen LogP contribution in [0.15, 0.2) is 12.2 Å². The predicted octanol–water partition coefficient (Wildman–Crippen LogP) is 20.1. The van der Waals surface area contributed by atoms with Gasteiger partial charge < -0.3 is 14.2 Å². The van der Waals surface area contributed by atoms with E-state index in [1.807, 2.05) is 0 Å². The van der Waals surface area contributed by atoms with Crippen LogP contribution < -0.4 is 0 Å². The highest BCUT2D eigenvalue weighted by molar-refractivity contribution is 5.71. The van der Waals surface area contributed by atoms with E-state index in [0.29, 0.717) is 19.3 Å². The molecule has 0 spiro atoms. The Morgan fingerprint density at radius 1 is 0.284 bits per heavy atom. The van der Waals surface area contributed by atoms with Crippen molar-refractivity contribution >= 4 is 17.9 Å². The zero-order valence-corrected chi connectivity index (χ0v) is 45.5. The molecular weight excluding hydrogens is 829 g/mol. The third kappa shape index (κ3) is 55.0. The monoisotopic (exact) mass is 945 g/mol. The molecule has 6 nitrogen and oxygen atoms in total. The number of esters is 3. The van der Waals surface area contributed by atoms with Crippen molar-refractivity contribution in [1.82, 2.24) is 0 Å². The standard InChI is InChI=1S/C61H116O6/c1-4-7-10-13-16-19-22-25-28-29-30-31-34-36-39-42-45-48-51-54-60(63)66-57-58(67-61(64)55-52-49-46-43-40-37-33-27-24-21-18-15-12-9-6-3)56-65-59(62)53-50-47-44-41-38-35-32-26-23-20-17-14-11-8-5-2/h27,33,58H,4-26,28-32,34-57H2,1-3H3. The Balaban J connectivity index is 4.30. The summed E-state index contributed by atoms with van der Waals surface area (Å²) < 4.78 is 16.9. The Bertz CT molecular complexity index is 1040. The van der Waals surface area contributed by atoms with Crippen LogP contribution in [0.2, 0.25) is 0 Å². The van der Waals surface area contributed by atoms with Crippen LogP contribution in [-0.4, -0.2) is 37.2 Å². The van der Waals surface area contributed by atoms with Gasteiger partial charge in [-0.05, 0) is 44.9 Å². The maximum atomic E-state index is 12.9. The van der Waals surface area contributed by atoms with Crippen LogP contribution in [0, 0.1) is 0 Å². The molecule has 67 heavy (non-hydrogen) atoms. The van der Waals surface area contributed by atoms with E-state index in [4.69, 9.17) is 14.2 Å². The van der Waals surface area contributed by atoms with Crippen molar-refractivity contribution in [1.29, 1.82) is 0 Å². The van der Waals surface area contributed by atoms with E-state index in [1.165, 1.54) is 238 Å². The smallest absolute Gasteiger partial charge is 0.306 e. The number of ether oxygens (including phenoxy) is 3. The SMILES string of the molecule is CCCCCCCCC=CCCCCCCCC(=O)OC(COC(=O)CCCCCCCCCCCCCCCCC)COC(=O)CCCCCCCCCCCCCCCCCCCCC. The van der Waals surface area contributed by atoms with Gasteiger partial charge in [0.15, 0.2) is 6.10 Å². The lowest BCUT2D eigenvalue weighted by Crippen LogP contribution is -2.30. The van der Waals surface area contributed by atoms with E-state index >= 15 is 0 Å². The van der Waals surface area contributed by atoms with E-state index in [0.717, 1.165) is 64.2 Å². The summed E-state index contributed by atoms with van der Waals surface area (Å²) in [5.41, 5.74) is 0. The molecule has 0 aromatic rings. The number of carbonyl (C=O) groups is 3. The molecular formula is C61H116O6. The van der Waals surface area contributed by atoms with E-state index in [1.54, 1.807) is 0 Å². The van der Waals surface area contributed by atoms with Gasteiger partial charge in [-0.25, -0.2) is 0 Å². The van der Waals surface area contributed by atoms with Gasteiger partial charge in [0, 0.05) is 19.3 Å². The zero-order chi connectivity index (χ0) is 48.6. The van der Waals surface area contributed by atoms with Crippen LogP contribution in [0.3, 0.4) is 0 Å². The summed E-state index contributed by atoms with van der Waals surface area (Å²) in [6.07, 6.45) is 64.9. The van der Waals surface area contributed by atoms with Crippen LogP contribution in [-0.2, 0) is 28.6 Å². The first-order chi connectivity index (χ1) is 33.0. The Kier molecular flexibility index (Phi) is 55.2. The second kappa shape index (κ2) is 56.7. The molecule has 0 saturated heterocycles. The van der Waals surface area contributed by atoms with Crippen LogP contribution in [0.25, 0.3) is 0 Å². The van der Waals surface area contributed by atoms with Crippen molar-refractivity contribution in [2.75, 3.05) is 13.2 Å². The first kappa shape index (κ1) is 65.1. The van der Waals surface area contributed by atoms with Crippen molar-refractivity contribution in [3.63, 3.8) is 0 Å². The first-order valence-corrected chi connectivity index (χ1v) is 30.2. The lowest BCUT2D eigenvalue weighted by atomic mass is 10.0. The molecule has 0 N–H and O–H groups in total. The highest BCUT2D eigenvalue weighted by Gasteiger charge is 2.19. The molecule has 0 heterocycles. The quantitative estimate of drug-likeness (QED) is 0.0262. The molecule has 0 aromatic heterocycles. The molecule has 0 aliphatic rings. The molecule has 1 atom stereocenters. The van der Waals surface area contributed by atoms with Gasteiger partial charge in [-0.1, -0.05) is 290 Å². The third-order valence-corrected chi connectivity index (χ3v) is 13.8. The first-order valence-electron chi connectivity index (χ1n) is 30.2. The number of hydrogen-bond donors (Lipinski definition) is 0. The van der Waals surface area contributed by atoms with Gasteiger partial charge in [-0.3, -0.25) is 14.4 Å². The number of hydrogen-bond acceptors (Lipinski definition) is 6. The summed E-state index contributed by atoms with van der Waals surface area (Å²) >= 11 is 0. The van der Waals surface area contributed by atoms with Gasteiger partial charge in [0.25, 0.3) is 0 Å². The minimum absolute atomic E-state index is 0.0672.